The number of aromatic nitrogens is 1. The predicted octanol–water partition coefficient (Wildman–Crippen LogP) is 2.58. The molecule has 1 saturated heterocycles. The zero-order valence-electron chi connectivity index (χ0n) is 13.9. The molecule has 0 spiro atoms. The molecule has 0 bridgehead atoms. The minimum atomic E-state index is -4.91. The summed E-state index contributed by atoms with van der Waals surface area (Å²) in [5, 5.41) is 9.81. The van der Waals surface area contributed by atoms with Crippen LogP contribution in [0.15, 0.2) is 24.4 Å². The second-order valence-corrected chi connectivity index (χ2v) is 6.35. The van der Waals surface area contributed by atoms with E-state index in [1.165, 1.54) is 7.11 Å². The summed E-state index contributed by atoms with van der Waals surface area (Å²) in [7, 11) is 1.51. The zero-order chi connectivity index (χ0) is 19.1. The Hall–Kier alpha value is -2.71. The molecule has 1 aliphatic rings. The van der Waals surface area contributed by atoms with E-state index in [1.807, 2.05) is 0 Å². The Labute approximate surface area is 146 Å². The summed E-state index contributed by atoms with van der Waals surface area (Å²) in [6.07, 6.45) is -4.06. The summed E-state index contributed by atoms with van der Waals surface area (Å²) in [5.74, 6) is -1.90. The number of carboxylic acid groups (broad SMARTS) is 1. The number of likely N-dealkylation sites (tertiary alicyclic amines) is 1. The van der Waals surface area contributed by atoms with E-state index in [-0.39, 0.29) is 13.0 Å². The molecule has 2 N–H and O–H groups in total. The first-order valence-electron chi connectivity index (χ1n) is 7.90. The third-order valence-corrected chi connectivity index (χ3v) is 4.89. The van der Waals surface area contributed by atoms with Crippen LogP contribution >= 0.6 is 0 Å². The maximum atomic E-state index is 13.2. The van der Waals surface area contributed by atoms with E-state index < -0.39 is 36.4 Å². The summed E-state index contributed by atoms with van der Waals surface area (Å²) >= 11 is 0. The van der Waals surface area contributed by atoms with Gasteiger partial charge < -0.3 is 19.7 Å². The number of carboxylic acids is 1. The highest BCUT2D eigenvalue weighted by molar-refractivity contribution is 5.90. The molecule has 2 heterocycles. The molecule has 0 aliphatic carbocycles. The number of halogens is 3. The van der Waals surface area contributed by atoms with Crippen molar-refractivity contribution in [1.82, 2.24) is 9.88 Å². The fourth-order valence-electron chi connectivity index (χ4n) is 3.26. The van der Waals surface area contributed by atoms with Gasteiger partial charge in [0.05, 0.1) is 13.5 Å². The van der Waals surface area contributed by atoms with Crippen LogP contribution in [0.5, 0.6) is 5.75 Å². The van der Waals surface area contributed by atoms with E-state index >= 15 is 0 Å². The van der Waals surface area contributed by atoms with E-state index in [2.05, 4.69) is 4.98 Å². The number of nitrogens with zero attached hydrogens (tertiary/aromatic N) is 1. The SMILES string of the molecule is COc1ccc2[nH]cc(CC(=O)N3CCC(C(=O)O)(C(F)(F)F)C3)c2c1. The number of nitrogens with one attached hydrogen (secondary N) is 1. The van der Waals surface area contributed by atoms with Gasteiger partial charge in [-0.1, -0.05) is 0 Å². The number of hydrogen-bond donors (Lipinski definition) is 2. The Morgan fingerprint density at radius 3 is 2.69 bits per heavy atom. The van der Waals surface area contributed by atoms with Crippen molar-refractivity contribution in [2.45, 2.75) is 19.0 Å². The molecule has 1 aliphatic heterocycles. The van der Waals surface area contributed by atoms with Gasteiger partial charge in [-0.2, -0.15) is 13.2 Å². The molecule has 1 atom stereocenters. The standard InChI is InChI=1S/C17H17F3N2O4/c1-26-11-2-3-13-12(7-11)10(8-21-13)6-14(23)22-5-4-16(9-22,15(24)25)17(18,19)20/h2-3,7-8,21H,4-6,9H2,1H3,(H,24,25). The van der Waals surface area contributed by atoms with Crippen LogP contribution in [-0.4, -0.2) is 53.2 Å². The number of fused-ring (bicyclic) bond motifs is 1. The first-order valence-corrected chi connectivity index (χ1v) is 7.90. The minimum absolute atomic E-state index is 0.124. The molecule has 3 rings (SSSR count). The van der Waals surface area contributed by atoms with E-state index in [1.54, 1.807) is 24.4 Å². The van der Waals surface area contributed by atoms with Crippen molar-refractivity contribution >= 4 is 22.8 Å². The van der Waals surface area contributed by atoms with E-state index in [9.17, 15) is 22.8 Å². The van der Waals surface area contributed by atoms with Crippen LogP contribution in [0.2, 0.25) is 0 Å². The smallest absolute Gasteiger partial charge is 0.406 e. The summed E-state index contributed by atoms with van der Waals surface area (Å²) in [6, 6.07) is 5.25. The number of methoxy groups -OCH3 is 1. The van der Waals surface area contributed by atoms with Crippen molar-refractivity contribution in [3.05, 3.63) is 30.0 Å². The molecule has 2 aromatic rings. The average molecular weight is 370 g/mol. The number of ether oxygens (including phenoxy) is 1. The Morgan fingerprint density at radius 2 is 2.12 bits per heavy atom. The van der Waals surface area contributed by atoms with Crippen LogP contribution in [0.25, 0.3) is 10.9 Å². The van der Waals surface area contributed by atoms with Gasteiger partial charge in [0.1, 0.15) is 5.75 Å². The Kier molecular flexibility index (Phi) is 4.33. The van der Waals surface area contributed by atoms with Crippen LogP contribution in [0.4, 0.5) is 13.2 Å². The van der Waals surface area contributed by atoms with Crippen molar-refractivity contribution in [2.75, 3.05) is 20.2 Å². The lowest BCUT2D eigenvalue weighted by molar-refractivity contribution is -0.227. The van der Waals surface area contributed by atoms with Gasteiger partial charge in [0.2, 0.25) is 5.91 Å². The highest BCUT2D eigenvalue weighted by Gasteiger charge is 2.64. The van der Waals surface area contributed by atoms with Crippen molar-refractivity contribution in [3.8, 4) is 5.75 Å². The predicted molar refractivity (Wildman–Crippen MR) is 85.9 cm³/mol. The van der Waals surface area contributed by atoms with Crippen LogP contribution in [0.1, 0.15) is 12.0 Å². The Bertz CT molecular complexity index is 861. The third-order valence-electron chi connectivity index (χ3n) is 4.89. The third kappa shape index (κ3) is 2.87. The fourth-order valence-corrected chi connectivity index (χ4v) is 3.26. The van der Waals surface area contributed by atoms with Crippen molar-refractivity contribution in [2.24, 2.45) is 5.41 Å². The zero-order valence-corrected chi connectivity index (χ0v) is 13.9. The van der Waals surface area contributed by atoms with Gasteiger partial charge in [-0.15, -0.1) is 0 Å². The Morgan fingerprint density at radius 1 is 1.38 bits per heavy atom. The van der Waals surface area contributed by atoms with Gasteiger partial charge in [-0.05, 0) is 30.2 Å². The fraction of sp³-hybridized carbons (Fsp3) is 0.412. The van der Waals surface area contributed by atoms with Crippen LogP contribution in [0, 0.1) is 5.41 Å². The van der Waals surface area contributed by atoms with Gasteiger partial charge in [0, 0.05) is 30.2 Å². The van der Waals surface area contributed by atoms with Gasteiger partial charge in [-0.25, -0.2) is 0 Å². The number of aromatic amines is 1. The average Bonchev–Trinajstić information content (AvgIpc) is 3.19. The van der Waals surface area contributed by atoms with Gasteiger partial charge >= 0.3 is 12.1 Å². The molecule has 1 aromatic carbocycles. The summed E-state index contributed by atoms with van der Waals surface area (Å²) in [5.41, 5.74) is -1.51. The summed E-state index contributed by atoms with van der Waals surface area (Å²) < 4.78 is 44.8. The normalized spacial score (nSPS) is 20.5. The van der Waals surface area contributed by atoms with E-state index in [4.69, 9.17) is 9.84 Å². The van der Waals surface area contributed by atoms with Crippen LogP contribution in [-0.2, 0) is 16.0 Å². The molecule has 6 nitrogen and oxygen atoms in total. The topological polar surface area (TPSA) is 82.6 Å². The Balaban J connectivity index is 1.80. The maximum absolute atomic E-state index is 13.2. The van der Waals surface area contributed by atoms with Crippen LogP contribution < -0.4 is 4.74 Å². The summed E-state index contributed by atoms with van der Waals surface area (Å²) in [6.45, 7) is -1.10. The largest absolute Gasteiger partial charge is 0.497 e. The molecule has 0 saturated carbocycles. The highest BCUT2D eigenvalue weighted by Crippen LogP contribution is 2.45. The molecular weight excluding hydrogens is 353 g/mol. The number of carbonyl (C=O) groups is 2. The van der Waals surface area contributed by atoms with E-state index in [0.29, 0.717) is 11.3 Å². The van der Waals surface area contributed by atoms with Gasteiger partial charge in [0.25, 0.3) is 0 Å². The molecule has 1 aromatic heterocycles. The molecule has 0 radical (unpaired) electrons. The molecule has 26 heavy (non-hydrogen) atoms. The lowest BCUT2D eigenvalue weighted by Gasteiger charge is -2.27. The van der Waals surface area contributed by atoms with Crippen molar-refractivity contribution in [1.29, 1.82) is 0 Å². The second kappa shape index (κ2) is 6.22. The second-order valence-electron chi connectivity index (χ2n) is 6.35. The van der Waals surface area contributed by atoms with Gasteiger partial charge in [-0.3, -0.25) is 9.59 Å². The number of alkyl halides is 3. The lowest BCUT2D eigenvalue weighted by atomic mass is 9.86. The molecule has 1 amide bonds. The van der Waals surface area contributed by atoms with Gasteiger partial charge in [0.15, 0.2) is 5.41 Å². The molecule has 140 valence electrons. The van der Waals surface area contributed by atoms with E-state index in [0.717, 1.165) is 15.8 Å². The highest BCUT2D eigenvalue weighted by atomic mass is 19.4. The first kappa shape index (κ1) is 18.1. The summed E-state index contributed by atoms with van der Waals surface area (Å²) in [4.78, 5) is 27.7. The molecule has 9 heteroatoms. The number of hydrogen-bond acceptors (Lipinski definition) is 3. The number of carbonyl (C=O) groups excluding carboxylic acids is 1. The molecule has 1 unspecified atom stereocenters. The quantitative estimate of drug-likeness (QED) is 0.867. The number of amides is 1. The van der Waals surface area contributed by atoms with Crippen LogP contribution in [0.3, 0.4) is 0 Å². The van der Waals surface area contributed by atoms with Crippen molar-refractivity contribution in [3.63, 3.8) is 0 Å². The first-order chi connectivity index (χ1) is 12.2. The lowest BCUT2D eigenvalue weighted by Crippen LogP contribution is -2.47. The minimum Gasteiger partial charge on any atom is -0.497 e. The number of H-pyrrole nitrogens is 1. The molecular formula is C17H17F3N2O4. The number of rotatable bonds is 4. The maximum Gasteiger partial charge on any atom is 0.406 e. The van der Waals surface area contributed by atoms with Crippen molar-refractivity contribution < 1.29 is 32.6 Å². The number of aliphatic carboxylic acids is 1. The number of benzene rings is 1. The molecule has 1 fully saturated rings. The monoisotopic (exact) mass is 370 g/mol.